The highest BCUT2D eigenvalue weighted by atomic mass is 16.3. The Balaban J connectivity index is 1.72. The molecule has 8 heteroatoms. The lowest BCUT2D eigenvalue weighted by Gasteiger charge is -2.33. The maximum absolute atomic E-state index is 12.1. The number of nitrogens with zero attached hydrogens (tertiary/aromatic N) is 2. The average Bonchev–Trinajstić information content (AvgIpc) is 3.07. The molecule has 0 unspecified atom stereocenters. The Kier molecular flexibility index (Phi) is 5.93. The normalized spacial score (nSPS) is 15.0. The molecule has 4 amide bonds. The Morgan fingerprint density at radius 1 is 1.26 bits per heavy atom. The molecule has 0 saturated carbocycles. The van der Waals surface area contributed by atoms with Crippen LogP contribution in [-0.2, 0) is 4.79 Å². The van der Waals surface area contributed by atoms with E-state index in [-0.39, 0.29) is 18.4 Å². The molecule has 0 atom stereocenters. The van der Waals surface area contributed by atoms with Gasteiger partial charge in [-0.05, 0) is 12.1 Å². The molecule has 0 aliphatic carbocycles. The molecular weight excluding hydrogens is 300 g/mol. The van der Waals surface area contributed by atoms with E-state index in [1.807, 2.05) is 4.90 Å². The molecule has 2 rings (SSSR count). The Hall–Kier alpha value is -2.61. The predicted octanol–water partition coefficient (Wildman–Crippen LogP) is 0.0492. The maximum atomic E-state index is 12.1. The van der Waals surface area contributed by atoms with Crippen LogP contribution in [0.2, 0.25) is 0 Å². The molecule has 1 fully saturated rings. The Labute approximate surface area is 134 Å². The van der Waals surface area contributed by atoms with E-state index in [2.05, 4.69) is 17.2 Å². The van der Waals surface area contributed by atoms with Gasteiger partial charge >= 0.3 is 6.03 Å². The second kappa shape index (κ2) is 8.14. The number of urea groups is 1. The molecule has 1 saturated heterocycles. The van der Waals surface area contributed by atoms with Gasteiger partial charge in [0.05, 0.1) is 12.8 Å². The number of rotatable bonds is 5. The van der Waals surface area contributed by atoms with E-state index in [4.69, 9.17) is 4.42 Å². The predicted molar refractivity (Wildman–Crippen MR) is 82.8 cm³/mol. The molecule has 2 heterocycles. The Bertz CT molecular complexity index is 562. The average molecular weight is 320 g/mol. The first-order valence-electron chi connectivity index (χ1n) is 7.34. The Morgan fingerprint density at radius 3 is 2.61 bits per heavy atom. The van der Waals surface area contributed by atoms with Crippen LogP contribution in [0.1, 0.15) is 10.6 Å². The third kappa shape index (κ3) is 4.96. The van der Waals surface area contributed by atoms with Crippen LogP contribution in [0.15, 0.2) is 35.5 Å². The van der Waals surface area contributed by atoms with Crippen LogP contribution in [0.25, 0.3) is 0 Å². The molecule has 2 N–H and O–H groups in total. The van der Waals surface area contributed by atoms with Crippen LogP contribution in [0.5, 0.6) is 0 Å². The molecule has 124 valence electrons. The summed E-state index contributed by atoms with van der Waals surface area (Å²) in [4.78, 5) is 38.8. The highest BCUT2D eigenvalue weighted by Gasteiger charge is 2.24. The first-order chi connectivity index (χ1) is 11.1. The fourth-order valence-electron chi connectivity index (χ4n) is 2.24. The smallest absolute Gasteiger partial charge is 0.321 e. The number of amides is 4. The van der Waals surface area contributed by atoms with Gasteiger partial charge in [0.2, 0.25) is 5.91 Å². The molecule has 1 aromatic rings. The van der Waals surface area contributed by atoms with E-state index in [0.717, 1.165) is 0 Å². The van der Waals surface area contributed by atoms with E-state index in [0.29, 0.717) is 38.5 Å². The SMILES string of the molecule is C=CCNC(=O)NC(=O)CN1CCN(C(=O)c2ccco2)CC1. The number of furan rings is 1. The lowest BCUT2D eigenvalue weighted by atomic mass is 10.3. The summed E-state index contributed by atoms with van der Waals surface area (Å²) >= 11 is 0. The van der Waals surface area contributed by atoms with Crippen LogP contribution in [0.4, 0.5) is 4.79 Å². The highest BCUT2D eigenvalue weighted by Crippen LogP contribution is 2.09. The number of carbonyl (C=O) groups excluding carboxylic acids is 3. The number of hydrogen-bond acceptors (Lipinski definition) is 5. The minimum Gasteiger partial charge on any atom is -0.459 e. The molecule has 1 aliphatic heterocycles. The highest BCUT2D eigenvalue weighted by molar-refractivity contribution is 5.95. The molecule has 0 aromatic carbocycles. The maximum Gasteiger partial charge on any atom is 0.321 e. The first kappa shape index (κ1) is 16.8. The number of piperazine rings is 1. The van der Waals surface area contributed by atoms with Gasteiger partial charge in [0, 0.05) is 32.7 Å². The van der Waals surface area contributed by atoms with E-state index in [1.165, 1.54) is 12.3 Å². The third-order valence-electron chi connectivity index (χ3n) is 3.42. The van der Waals surface area contributed by atoms with Gasteiger partial charge in [-0.3, -0.25) is 19.8 Å². The van der Waals surface area contributed by atoms with Crippen molar-refractivity contribution < 1.29 is 18.8 Å². The van der Waals surface area contributed by atoms with E-state index in [1.54, 1.807) is 17.0 Å². The fourth-order valence-corrected chi connectivity index (χ4v) is 2.24. The summed E-state index contributed by atoms with van der Waals surface area (Å²) in [6, 6.07) is 2.76. The first-order valence-corrected chi connectivity index (χ1v) is 7.34. The number of carbonyl (C=O) groups is 3. The molecule has 8 nitrogen and oxygen atoms in total. The molecule has 1 aliphatic rings. The second-order valence-electron chi connectivity index (χ2n) is 5.09. The quantitative estimate of drug-likeness (QED) is 0.748. The van der Waals surface area contributed by atoms with E-state index < -0.39 is 6.03 Å². The second-order valence-corrected chi connectivity index (χ2v) is 5.09. The van der Waals surface area contributed by atoms with Gasteiger partial charge in [-0.1, -0.05) is 6.08 Å². The summed E-state index contributed by atoms with van der Waals surface area (Å²) in [5, 5.41) is 4.71. The minimum absolute atomic E-state index is 0.115. The minimum atomic E-state index is -0.540. The number of imide groups is 1. The van der Waals surface area contributed by atoms with Gasteiger partial charge in [-0.2, -0.15) is 0 Å². The van der Waals surface area contributed by atoms with Gasteiger partial charge < -0.3 is 14.6 Å². The topological polar surface area (TPSA) is 94.9 Å². The number of hydrogen-bond donors (Lipinski definition) is 2. The summed E-state index contributed by atoms with van der Waals surface area (Å²) in [6.07, 6.45) is 2.99. The zero-order valence-corrected chi connectivity index (χ0v) is 12.8. The van der Waals surface area contributed by atoms with Crippen molar-refractivity contribution in [1.29, 1.82) is 0 Å². The van der Waals surface area contributed by atoms with Gasteiger partial charge in [-0.25, -0.2) is 4.79 Å². The summed E-state index contributed by atoms with van der Waals surface area (Å²) in [6.45, 7) is 6.03. The van der Waals surface area contributed by atoms with Crippen molar-refractivity contribution in [2.24, 2.45) is 0 Å². The zero-order valence-electron chi connectivity index (χ0n) is 12.8. The largest absolute Gasteiger partial charge is 0.459 e. The van der Waals surface area contributed by atoms with Crippen molar-refractivity contribution in [3.63, 3.8) is 0 Å². The molecule has 0 radical (unpaired) electrons. The van der Waals surface area contributed by atoms with Crippen LogP contribution in [0, 0.1) is 0 Å². The summed E-state index contributed by atoms with van der Waals surface area (Å²) in [7, 11) is 0. The van der Waals surface area contributed by atoms with Crippen LogP contribution < -0.4 is 10.6 Å². The van der Waals surface area contributed by atoms with E-state index in [9.17, 15) is 14.4 Å². The van der Waals surface area contributed by atoms with Gasteiger partial charge in [-0.15, -0.1) is 6.58 Å². The van der Waals surface area contributed by atoms with Gasteiger partial charge in [0.25, 0.3) is 5.91 Å². The summed E-state index contributed by atoms with van der Waals surface area (Å²) in [5.41, 5.74) is 0. The van der Waals surface area contributed by atoms with Crippen molar-refractivity contribution in [3.05, 3.63) is 36.8 Å². The van der Waals surface area contributed by atoms with Crippen molar-refractivity contribution in [3.8, 4) is 0 Å². The molecule has 0 spiro atoms. The van der Waals surface area contributed by atoms with Crippen molar-refractivity contribution in [2.45, 2.75) is 0 Å². The Morgan fingerprint density at radius 2 is 2.00 bits per heavy atom. The van der Waals surface area contributed by atoms with Crippen molar-refractivity contribution in [2.75, 3.05) is 39.3 Å². The third-order valence-corrected chi connectivity index (χ3v) is 3.42. The molecule has 23 heavy (non-hydrogen) atoms. The number of nitrogens with one attached hydrogen (secondary N) is 2. The standard InChI is InChI=1S/C15H20N4O4/c1-2-5-16-15(22)17-13(20)11-18-6-8-19(9-7-18)14(21)12-4-3-10-23-12/h2-4,10H,1,5-9,11H2,(H2,16,17,20,22). The molecule has 0 bridgehead atoms. The lowest BCUT2D eigenvalue weighted by molar-refractivity contribution is -0.121. The van der Waals surface area contributed by atoms with Crippen LogP contribution in [0.3, 0.4) is 0 Å². The fraction of sp³-hybridized carbons (Fsp3) is 0.400. The van der Waals surface area contributed by atoms with E-state index >= 15 is 0 Å². The summed E-state index contributed by atoms with van der Waals surface area (Å²) in [5.74, 6) is -0.213. The summed E-state index contributed by atoms with van der Waals surface area (Å²) < 4.78 is 5.10. The lowest BCUT2D eigenvalue weighted by Crippen LogP contribution is -2.52. The zero-order chi connectivity index (χ0) is 16.7. The van der Waals surface area contributed by atoms with Crippen LogP contribution >= 0.6 is 0 Å². The monoisotopic (exact) mass is 320 g/mol. The molecule has 1 aromatic heterocycles. The van der Waals surface area contributed by atoms with Crippen molar-refractivity contribution in [1.82, 2.24) is 20.4 Å². The van der Waals surface area contributed by atoms with Gasteiger partial charge in [0.15, 0.2) is 5.76 Å². The van der Waals surface area contributed by atoms with Crippen LogP contribution in [-0.4, -0.2) is 66.9 Å². The molecular formula is C15H20N4O4. The van der Waals surface area contributed by atoms with Crippen molar-refractivity contribution >= 4 is 17.8 Å². The van der Waals surface area contributed by atoms with Gasteiger partial charge in [0.1, 0.15) is 0 Å².